The van der Waals surface area contributed by atoms with E-state index in [-0.39, 0.29) is 0 Å². The van der Waals surface area contributed by atoms with Gasteiger partial charge in [0.15, 0.2) is 5.78 Å². The van der Waals surface area contributed by atoms with Crippen LogP contribution in [0, 0.1) is 5.92 Å². The monoisotopic (exact) mass is 189 g/mol. The van der Waals surface area contributed by atoms with Gasteiger partial charge in [0, 0.05) is 11.6 Å². The van der Waals surface area contributed by atoms with Crippen molar-refractivity contribution >= 4 is 11.5 Å². The van der Waals surface area contributed by atoms with Crippen molar-refractivity contribution in [1.82, 2.24) is 0 Å². The summed E-state index contributed by atoms with van der Waals surface area (Å²) in [4.78, 5) is 11.5. The van der Waals surface area contributed by atoms with E-state index in [4.69, 9.17) is 0 Å². The Balaban J connectivity index is 1.79. The first-order valence-electron chi connectivity index (χ1n) is 5.18. The highest BCUT2D eigenvalue weighted by Crippen LogP contribution is 2.27. The Kier molecular flexibility index (Phi) is 2.82. The van der Waals surface area contributed by atoms with E-state index in [2.05, 4.69) is 5.32 Å². The third-order valence-corrected chi connectivity index (χ3v) is 2.80. The maximum Gasteiger partial charge on any atom is 0.154 e. The van der Waals surface area contributed by atoms with Gasteiger partial charge in [0.05, 0.1) is 6.54 Å². The lowest BCUT2D eigenvalue weighted by molar-refractivity contribution is -0.123. The van der Waals surface area contributed by atoms with Crippen molar-refractivity contribution in [3.05, 3.63) is 30.3 Å². The van der Waals surface area contributed by atoms with Crippen LogP contribution in [0.25, 0.3) is 0 Å². The highest BCUT2D eigenvalue weighted by molar-refractivity contribution is 5.85. The van der Waals surface area contributed by atoms with Gasteiger partial charge < -0.3 is 5.32 Å². The van der Waals surface area contributed by atoms with Gasteiger partial charge in [-0.1, -0.05) is 24.6 Å². The van der Waals surface area contributed by atoms with Crippen LogP contribution in [-0.2, 0) is 4.79 Å². The topological polar surface area (TPSA) is 29.1 Å². The summed E-state index contributed by atoms with van der Waals surface area (Å²) in [5.41, 5.74) is 1.03. The normalized spacial score (nSPS) is 16.0. The summed E-state index contributed by atoms with van der Waals surface area (Å²) < 4.78 is 0. The number of nitrogens with one attached hydrogen (secondary N) is 1. The molecule has 1 fully saturated rings. The summed E-state index contributed by atoms with van der Waals surface area (Å²) in [5, 5.41) is 3.14. The molecule has 14 heavy (non-hydrogen) atoms. The Morgan fingerprint density at radius 1 is 1.29 bits per heavy atom. The molecule has 1 aromatic rings. The Morgan fingerprint density at radius 2 is 2.00 bits per heavy atom. The summed E-state index contributed by atoms with van der Waals surface area (Å²) in [5.74, 6) is 0.700. The highest BCUT2D eigenvalue weighted by Gasteiger charge is 2.24. The molecular weight excluding hydrogens is 174 g/mol. The van der Waals surface area contributed by atoms with Crippen LogP contribution >= 0.6 is 0 Å². The number of rotatable bonds is 4. The molecule has 1 saturated carbocycles. The van der Waals surface area contributed by atoms with Crippen LogP contribution in [0.1, 0.15) is 19.3 Å². The van der Waals surface area contributed by atoms with E-state index in [1.165, 1.54) is 6.42 Å². The predicted molar refractivity (Wildman–Crippen MR) is 57.3 cm³/mol. The fraction of sp³-hybridized carbons (Fsp3) is 0.417. The van der Waals surface area contributed by atoms with Crippen LogP contribution in [0.15, 0.2) is 30.3 Å². The van der Waals surface area contributed by atoms with Crippen LogP contribution in [0.2, 0.25) is 0 Å². The molecule has 1 N–H and O–H groups in total. The molecule has 2 heteroatoms. The first-order chi connectivity index (χ1) is 6.86. The van der Waals surface area contributed by atoms with Crippen molar-refractivity contribution in [2.75, 3.05) is 11.9 Å². The number of para-hydroxylation sites is 1. The average molecular weight is 189 g/mol. The van der Waals surface area contributed by atoms with E-state index in [1.54, 1.807) is 0 Å². The van der Waals surface area contributed by atoms with E-state index in [0.29, 0.717) is 18.2 Å². The van der Waals surface area contributed by atoms with E-state index in [9.17, 15) is 4.79 Å². The minimum absolute atomic E-state index is 0.339. The number of ketones is 1. The van der Waals surface area contributed by atoms with Crippen molar-refractivity contribution in [3.8, 4) is 0 Å². The van der Waals surface area contributed by atoms with Crippen LogP contribution in [0.4, 0.5) is 5.69 Å². The predicted octanol–water partition coefficient (Wildman–Crippen LogP) is 2.47. The molecule has 2 rings (SSSR count). The number of carbonyl (C=O) groups is 1. The molecule has 0 unspecified atom stereocenters. The molecule has 0 heterocycles. The van der Waals surface area contributed by atoms with Gasteiger partial charge in [0.25, 0.3) is 0 Å². The molecule has 0 radical (unpaired) electrons. The first-order valence-corrected chi connectivity index (χ1v) is 5.18. The van der Waals surface area contributed by atoms with Gasteiger partial charge in [-0.2, -0.15) is 0 Å². The lowest BCUT2D eigenvalue weighted by Gasteiger charge is -2.23. The van der Waals surface area contributed by atoms with Crippen molar-refractivity contribution in [3.63, 3.8) is 0 Å². The van der Waals surface area contributed by atoms with Crippen LogP contribution in [-0.4, -0.2) is 12.3 Å². The number of anilines is 1. The number of carbonyl (C=O) groups excluding carboxylic acids is 1. The third-order valence-electron chi connectivity index (χ3n) is 2.80. The fourth-order valence-electron chi connectivity index (χ4n) is 1.62. The second-order valence-electron chi connectivity index (χ2n) is 3.81. The SMILES string of the molecule is O=C(CNc1ccccc1)C1CCC1. The Bertz CT molecular complexity index is 303. The maximum absolute atomic E-state index is 11.5. The van der Waals surface area contributed by atoms with Gasteiger partial charge in [-0.3, -0.25) is 4.79 Å². The molecular formula is C12H15NO. The Hall–Kier alpha value is -1.31. The highest BCUT2D eigenvalue weighted by atomic mass is 16.1. The molecule has 0 bridgehead atoms. The van der Waals surface area contributed by atoms with Gasteiger partial charge in [-0.15, -0.1) is 0 Å². The second-order valence-corrected chi connectivity index (χ2v) is 3.81. The molecule has 0 amide bonds. The molecule has 1 aromatic carbocycles. The van der Waals surface area contributed by atoms with E-state index < -0.39 is 0 Å². The molecule has 0 saturated heterocycles. The lowest BCUT2D eigenvalue weighted by atomic mass is 9.82. The number of benzene rings is 1. The number of hydrogen-bond donors (Lipinski definition) is 1. The minimum atomic E-state index is 0.339. The molecule has 0 spiro atoms. The second kappa shape index (κ2) is 4.27. The van der Waals surface area contributed by atoms with Gasteiger partial charge in [-0.05, 0) is 25.0 Å². The summed E-state index contributed by atoms with van der Waals surface area (Å²) in [6.07, 6.45) is 3.41. The third kappa shape index (κ3) is 2.13. The fourth-order valence-corrected chi connectivity index (χ4v) is 1.62. The molecule has 0 atom stereocenters. The van der Waals surface area contributed by atoms with Crippen LogP contribution < -0.4 is 5.32 Å². The zero-order valence-electron chi connectivity index (χ0n) is 8.20. The van der Waals surface area contributed by atoms with Gasteiger partial charge >= 0.3 is 0 Å². The summed E-state index contributed by atoms with van der Waals surface area (Å²) in [7, 11) is 0. The van der Waals surface area contributed by atoms with Crippen molar-refractivity contribution < 1.29 is 4.79 Å². The quantitative estimate of drug-likeness (QED) is 0.788. The van der Waals surface area contributed by atoms with Gasteiger partial charge in [-0.25, -0.2) is 0 Å². The zero-order valence-corrected chi connectivity index (χ0v) is 8.20. The largest absolute Gasteiger partial charge is 0.378 e. The molecule has 0 aliphatic heterocycles. The van der Waals surface area contributed by atoms with Crippen molar-refractivity contribution in [1.29, 1.82) is 0 Å². The summed E-state index contributed by atoms with van der Waals surface area (Å²) in [6, 6.07) is 9.87. The molecule has 1 aliphatic carbocycles. The van der Waals surface area contributed by atoms with E-state index >= 15 is 0 Å². The van der Waals surface area contributed by atoms with Crippen LogP contribution in [0.3, 0.4) is 0 Å². The van der Waals surface area contributed by atoms with E-state index in [0.717, 1.165) is 18.5 Å². The number of Topliss-reactive ketones (excluding diaryl/α,β-unsaturated/α-hetero) is 1. The van der Waals surface area contributed by atoms with Gasteiger partial charge in [0.1, 0.15) is 0 Å². The molecule has 2 nitrogen and oxygen atoms in total. The number of hydrogen-bond acceptors (Lipinski definition) is 2. The van der Waals surface area contributed by atoms with Crippen molar-refractivity contribution in [2.45, 2.75) is 19.3 Å². The smallest absolute Gasteiger partial charge is 0.154 e. The van der Waals surface area contributed by atoms with Gasteiger partial charge in [0.2, 0.25) is 0 Å². The first kappa shape index (κ1) is 9.25. The zero-order chi connectivity index (χ0) is 9.80. The Morgan fingerprint density at radius 3 is 2.57 bits per heavy atom. The standard InChI is InChI=1S/C12H15NO/c14-12(10-5-4-6-10)9-13-11-7-2-1-3-8-11/h1-3,7-8,10,13H,4-6,9H2. The maximum atomic E-state index is 11.5. The Labute approximate surface area is 84.3 Å². The minimum Gasteiger partial charge on any atom is -0.378 e. The summed E-state index contributed by atoms with van der Waals surface area (Å²) in [6.45, 7) is 0.481. The van der Waals surface area contributed by atoms with Crippen LogP contribution in [0.5, 0.6) is 0 Å². The summed E-state index contributed by atoms with van der Waals surface area (Å²) >= 11 is 0. The molecule has 0 aromatic heterocycles. The van der Waals surface area contributed by atoms with Crippen molar-refractivity contribution in [2.24, 2.45) is 5.92 Å². The molecule has 1 aliphatic rings. The molecule has 74 valence electrons. The lowest BCUT2D eigenvalue weighted by Crippen LogP contribution is -2.27. The average Bonchev–Trinajstić information content (AvgIpc) is 2.14. The van der Waals surface area contributed by atoms with E-state index in [1.807, 2.05) is 30.3 Å².